The van der Waals surface area contributed by atoms with Crippen molar-refractivity contribution in [1.82, 2.24) is 10.6 Å². The number of ether oxygens (including phenoxy) is 1. The van der Waals surface area contributed by atoms with E-state index in [1.54, 1.807) is 36.4 Å². The number of hydrogen-bond acceptors (Lipinski definition) is 5. The fraction of sp³-hybridized carbons (Fsp3) is 0.273. The molecule has 31 heavy (non-hydrogen) atoms. The first kappa shape index (κ1) is 23.5. The van der Waals surface area contributed by atoms with E-state index in [1.807, 2.05) is 0 Å². The van der Waals surface area contributed by atoms with Gasteiger partial charge in [-0.2, -0.15) is 0 Å². The van der Waals surface area contributed by atoms with Gasteiger partial charge in [0.1, 0.15) is 24.5 Å². The second kappa shape index (κ2) is 11.4. The van der Waals surface area contributed by atoms with Crippen LogP contribution in [-0.2, 0) is 36.9 Å². The molecule has 0 unspecified atom stereocenters. The molecule has 0 saturated carbocycles. The van der Waals surface area contributed by atoms with Crippen LogP contribution < -0.4 is 10.6 Å². The van der Waals surface area contributed by atoms with Crippen LogP contribution >= 0.6 is 0 Å². The zero-order valence-electron chi connectivity index (χ0n) is 16.8. The lowest BCUT2D eigenvalue weighted by atomic mass is 10.0. The summed E-state index contributed by atoms with van der Waals surface area (Å²) in [6.07, 6.45) is -0.802. The highest BCUT2D eigenvalue weighted by Gasteiger charge is 2.29. The highest BCUT2D eigenvalue weighted by atomic mass is 19.1. The first-order valence-corrected chi connectivity index (χ1v) is 9.49. The molecule has 0 aliphatic carbocycles. The van der Waals surface area contributed by atoms with Gasteiger partial charge in [-0.25, -0.2) is 9.18 Å². The van der Waals surface area contributed by atoms with E-state index in [0.29, 0.717) is 0 Å². The molecule has 2 amide bonds. The minimum absolute atomic E-state index is 0.0399. The lowest BCUT2D eigenvalue weighted by Gasteiger charge is -2.21. The van der Waals surface area contributed by atoms with Crippen LogP contribution in [-0.4, -0.2) is 40.9 Å². The van der Waals surface area contributed by atoms with Crippen LogP contribution in [0.4, 0.5) is 4.39 Å². The molecule has 0 aliphatic heterocycles. The molecule has 3 N–H and O–H groups in total. The van der Waals surface area contributed by atoms with E-state index in [4.69, 9.17) is 4.74 Å². The Morgan fingerprint density at radius 3 is 2.23 bits per heavy atom. The van der Waals surface area contributed by atoms with Crippen molar-refractivity contribution >= 4 is 23.8 Å². The monoisotopic (exact) mass is 430 g/mol. The number of nitrogens with one attached hydrogen (secondary N) is 2. The summed E-state index contributed by atoms with van der Waals surface area (Å²) in [5, 5.41) is 14.0. The van der Waals surface area contributed by atoms with Gasteiger partial charge in [-0.05, 0) is 17.2 Å². The molecule has 0 bridgehead atoms. The highest BCUT2D eigenvalue weighted by molar-refractivity contribution is 5.91. The molecule has 0 heterocycles. The maximum absolute atomic E-state index is 13.9. The Kier molecular flexibility index (Phi) is 8.68. The maximum atomic E-state index is 13.9. The van der Waals surface area contributed by atoms with Crippen LogP contribution in [0.2, 0.25) is 0 Å². The lowest BCUT2D eigenvalue weighted by Crippen LogP contribution is -2.52. The fourth-order valence-electron chi connectivity index (χ4n) is 2.77. The number of esters is 1. The minimum atomic E-state index is -1.58. The molecular weight excluding hydrogens is 407 g/mol. The van der Waals surface area contributed by atoms with Gasteiger partial charge in [0.25, 0.3) is 0 Å². The van der Waals surface area contributed by atoms with Gasteiger partial charge < -0.3 is 20.5 Å². The third-order valence-corrected chi connectivity index (χ3v) is 4.30. The van der Waals surface area contributed by atoms with Crippen LogP contribution in [0.15, 0.2) is 54.6 Å². The first-order chi connectivity index (χ1) is 14.8. The molecule has 0 saturated heterocycles. The second-order valence-corrected chi connectivity index (χ2v) is 6.80. The van der Waals surface area contributed by atoms with E-state index in [2.05, 4.69) is 10.6 Å². The number of carbonyl (C=O) groups is 4. The predicted octanol–water partition coefficient (Wildman–Crippen LogP) is 1.58. The molecule has 0 aliphatic rings. The fourth-order valence-corrected chi connectivity index (χ4v) is 2.77. The topological polar surface area (TPSA) is 122 Å². The summed E-state index contributed by atoms with van der Waals surface area (Å²) >= 11 is 0. The van der Waals surface area contributed by atoms with E-state index in [-0.39, 0.29) is 18.6 Å². The molecule has 0 aromatic heterocycles. The van der Waals surface area contributed by atoms with Crippen molar-refractivity contribution in [2.75, 3.05) is 0 Å². The molecule has 2 atom stereocenters. The molecule has 2 aromatic carbocycles. The average molecular weight is 430 g/mol. The zero-order chi connectivity index (χ0) is 22.8. The van der Waals surface area contributed by atoms with Gasteiger partial charge in [-0.15, -0.1) is 0 Å². The van der Waals surface area contributed by atoms with Crippen molar-refractivity contribution in [1.29, 1.82) is 0 Å². The number of carbonyl (C=O) groups excluding carboxylic acids is 3. The Bertz CT molecular complexity index is 935. The third-order valence-electron chi connectivity index (χ3n) is 4.30. The summed E-state index contributed by atoms with van der Waals surface area (Å²) < 4.78 is 19.0. The Labute approximate surface area is 178 Å². The number of amides is 2. The summed E-state index contributed by atoms with van der Waals surface area (Å²) in [7, 11) is 0. The van der Waals surface area contributed by atoms with Gasteiger partial charge in [-0.3, -0.25) is 14.4 Å². The smallest absolute Gasteiger partial charge is 0.326 e. The van der Waals surface area contributed by atoms with Crippen molar-refractivity contribution in [3.63, 3.8) is 0 Å². The molecule has 0 radical (unpaired) electrons. The van der Waals surface area contributed by atoms with E-state index < -0.39 is 48.1 Å². The number of aliphatic carboxylic acids is 1. The van der Waals surface area contributed by atoms with Crippen LogP contribution in [0, 0.1) is 5.82 Å². The SMILES string of the molecule is CC(=O)N[C@H](Cc1ccccc1F)C(=O)N[C@@H](CC(=O)OCc1ccccc1)C(=O)O. The predicted molar refractivity (Wildman–Crippen MR) is 108 cm³/mol. The molecule has 2 rings (SSSR count). The van der Waals surface area contributed by atoms with Crippen molar-refractivity contribution in [3.8, 4) is 0 Å². The first-order valence-electron chi connectivity index (χ1n) is 9.49. The number of carboxylic acid groups (broad SMARTS) is 1. The number of hydrogen-bond donors (Lipinski definition) is 3. The van der Waals surface area contributed by atoms with Crippen molar-refractivity contribution in [2.45, 2.75) is 38.5 Å². The van der Waals surface area contributed by atoms with Crippen LogP contribution in [0.5, 0.6) is 0 Å². The Balaban J connectivity index is 2.01. The van der Waals surface area contributed by atoms with Gasteiger partial charge in [0.15, 0.2) is 0 Å². The minimum Gasteiger partial charge on any atom is -0.480 e. The molecule has 0 spiro atoms. The number of benzene rings is 2. The van der Waals surface area contributed by atoms with Gasteiger partial charge in [0.05, 0.1) is 6.42 Å². The number of carboxylic acids is 1. The molecule has 164 valence electrons. The summed E-state index contributed by atoms with van der Waals surface area (Å²) in [5.41, 5.74) is 0.896. The molecule has 2 aromatic rings. The summed E-state index contributed by atoms with van der Waals surface area (Å²) in [4.78, 5) is 47.7. The quantitative estimate of drug-likeness (QED) is 0.492. The maximum Gasteiger partial charge on any atom is 0.326 e. The van der Waals surface area contributed by atoms with Crippen LogP contribution in [0.1, 0.15) is 24.5 Å². The molecule has 8 nitrogen and oxygen atoms in total. The Morgan fingerprint density at radius 1 is 0.968 bits per heavy atom. The highest BCUT2D eigenvalue weighted by Crippen LogP contribution is 2.10. The summed E-state index contributed by atoms with van der Waals surface area (Å²) in [6.45, 7) is 1.14. The van der Waals surface area contributed by atoms with Crippen LogP contribution in [0.3, 0.4) is 0 Å². The number of halogens is 1. The average Bonchev–Trinajstić information content (AvgIpc) is 2.73. The molecule has 9 heteroatoms. The van der Waals surface area contributed by atoms with Crippen LogP contribution in [0.25, 0.3) is 0 Å². The van der Waals surface area contributed by atoms with E-state index in [1.165, 1.54) is 25.1 Å². The molecular formula is C22H23FN2O6. The lowest BCUT2D eigenvalue weighted by molar-refractivity contribution is -0.151. The summed E-state index contributed by atoms with van der Waals surface area (Å²) in [5.74, 6) is -4.24. The van der Waals surface area contributed by atoms with Crippen molar-refractivity contribution < 1.29 is 33.4 Å². The van der Waals surface area contributed by atoms with E-state index in [0.717, 1.165) is 5.56 Å². The standard InChI is InChI=1S/C22H23FN2O6/c1-14(26)24-18(11-16-9-5-6-10-17(16)23)21(28)25-19(22(29)30)12-20(27)31-13-15-7-3-2-4-8-15/h2-10,18-19H,11-13H2,1H3,(H,24,26)(H,25,28)(H,29,30)/t18-,19+/m1/s1. The molecule has 0 fully saturated rings. The normalized spacial score (nSPS) is 12.3. The zero-order valence-corrected chi connectivity index (χ0v) is 16.8. The van der Waals surface area contributed by atoms with Gasteiger partial charge in [-0.1, -0.05) is 48.5 Å². The van der Waals surface area contributed by atoms with Gasteiger partial charge in [0.2, 0.25) is 11.8 Å². The van der Waals surface area contributed by atoms with Gasteiger partial charge >= 0.3 is 11.9 Å². The third kappa shape index (κ3) is 7.88. The second-order valence-electron chi connectivity index (χ2n) is 6.80. The van der Waals surface area contributed by atoms with Crippen molar-refractivity contribution in [3.05, 3.63) is 71.5 Å². The van der Waals surface area contributed by atoms with E-state index >= 15 is 0 Å². The van der Waals surface area contributed by atoms with E-state index in [9.17, 15) is 28.7 Å². The van der Waals surface area contributed by atoms with Gasteiger partial charge in [0, 0.05) is 13.3 Å². The largest absolute Gasteiger partial charge is 0.480 e. The Hall–Kier alpha value is -3.75. The summed E-state index contributed by atoms with van der Waals surface area (Å²) in [6, 6.07) is 11.7. The number of rotatable bonds is 10. The van der Waals surface area contributed by atoms with Crippen molar-refractivity contribution in [2.24, 2.45) is 0 Å². The Morgan fingerprint density at radius 2 is 1.61 bits per heavy atom.